The monoisotopic (exact) mass is 413 g/mol. The molecule has 0 bridgehead atoms. The van der Waals surface area contributed by atoms with Crippen LogP contribution in [-0.4, -0.2) is 49.6 Å². The number of alkyl halides is 1. The number of nitrogens with zero attached hydrogens (tertiary/aromatic N) is 1. The standard InChI is InChI=1S/C18H28BrN3O3/c1-18(2,3)25-17(23)22-16(21-12-11-20-4)14-6-8-15(9-7-14)24-13-5-10-19/h6-9,20H,5,10-13H2,1-4H3,(H,21,22,23). The maximum atomic E-state index is 12.1. The number of halogens is 1. The molecule has 2 N–H and O–H groups in total. The van der Waals surface area contributed by atoms with E-state index >= 15 is 0 Å². The molecule has 0 aliphatic heterocycles. The predicted octanol–water partition coefficient (Wildman–Crippen LogP) is 3.34. The Hall–Kier alpha value is -1.60. The number of ether oxygens (including phenoxy) is 2. The van der Waals surface area contributed by atoms with Gasteiger partial charge in [-0.1, -0.05) is 15.9 Å². The van der Waals surface area contributed by atoms with Gasteiger partial charge in [-0.2, -0.15) is 0 Å². The first-order valence-electron chi connectivity index (χ1n) is 8.34. The number of carbonyl (C=O) groups excluding carboxylic acids is 1. The lowest BCUT2D eigenvalue weighted by Crippen LogP contribution is -2.37. The number of aliphatic imine (C=N–C) groups is 1. The van der Waals surface area contributed by atoms with Crippen LogP contribution in [0.2, 0.25) is 0 Å². The van der Waals surface area contributed by atoms with Crippen LogP contribution in [0.3, 0.4) is 0 Å². The third kappa shape index (κ3) is 9.45. The lowest BCUT2D eigenvalue weighted by atomic mass is 10.2. The van der Waals surface area contributed by atoms with Crippen LogP contribution < -0.4 is 15.4 Å². The summed E-state index contributed by atoms with van der Waals surface area (Å²) in [4.78, 5) is 16.5. The van der Waals surface area contributed by atoms with Crippen molar-refractivity contribution in [2.45, 2.75) is 32.8 Å². The molecule has 0 aliphatic rings. The number of rotatable bonds is 8. The molecular weight excluding hydrogens is 386 g/mol. The molecule has 7 heteroatoms. The van der Waals surface area contributed by atoms with E-state index in [1.807, 2.05) is 52.1 Å². The van der Waals surface area contributed by atoms with Crippen molar-refractivity contribution < 1.29 is 14.3 Å². The normalized spacial score (nSPS) is 12.0. The van der Waals surface area contributed by atoms with Gasteiger partial charge in [0, 0.05) is 17.4 Å². The average molecular weight is 414 g/mol. The second-order valence-corrected chi connectivity index (χ2v) is 7.17. The van der Waals surface area contributed by atoms with Gasteiger partial charge in [-0.3, -0.25) is 10.3 Å². The van der Waals surface area contributed by atoms with Crippen LogP contribution in [0.5, 0.6) is 5.75 Å². The molecule has 6 nitrogen and oxygen atoms in total. The largest absolute Gasteiger partial charge is 0.494 e. The molecule has 1 aromatic rings. The Morgan fingerprint density at radius 1 is 1.24 bits per heavy atom. The number of hydrogen-bond donors (Lipinski definition) is 2. The lowest BCUT2D eigenvalue weighted by molar-refractivity contribution is 0.0563. The van der Waals surface area contributed by atoms with Gasteiger partial charge in [0.25, 0.3) is 0 Å². The molecular formula is C18H28BrN3O3. The predicted molar refractivity (Wildman–Crippen MR) is 105 cm³/mol. The Bertz CT molecular complexity index is 554. The molecule has 0 heterocycles. The van der Waals surface area contributed by atoms with Crippen molar-refractivity contribution in [2.24, 2.45) is 4.99 Å². The maximum Gasteiger partial charge on any atom is 0.413 e. The van der Waals surface area contributed by atoms with Crippen molar-refractivity contribution in [3.63, 3.8) is 0 Å². The smallest absolute Gasteiger partial charge is 0.413 e. The van der Waals surface area contributed by atoms with Crippen LogP contribution in [0.1, 0.15) is 32.8 Å². The summed E-state index contributed by atoms with van der Waals surface area (Å²) in [6, 6.07) is 7.49. The Labute approximate surface area is 158 Å². The van der Waals surface area contributed by atoms with Crippen LogP contribution >= 0.6 is 15.9 Å². The van der Waals surface area contributed by atoms with Gasteiger partial charge in [0.05, 0.1) is 13.2 Å². The van der Waals surface area contributed by atoms with Gasteiger partial charge in [-0.05, 0) is 58.5 Å². The second-order valence-electron chi connectivity index (χ2n) is 6.38. The number of likely N-dealkylation sites (N-methyl/N-ethyl adjacent to an activating group) is 1. The van der Waals surface area contributed by atoms with Gasteiger partial charge in [-0.25, -0.2) is 4.79 Å². The summed E-state index contributed by atoms with van der Waals surface area (Å²) >= 11 is 3.37. The van der Waals surface area contributed by atoms with Gasteiger partial charge in [0.2, 0.25) is 0 Å². The number of amides is 1. The van der Waals surface area contributed by atoms with E-state index in [2.05, 4.69) is 31.6 Å². The van der Waals surface area contributed by atoms with E-state index in [4.69, 9.17) is 9.47 Å². The Balaban J connectivity index is 2.81. The van der Waals surface area contributed by atoms with E-state index in [0.717, 1.165) is 23.1 Å². The van der Waals surface area contributed by atoms with E-state index in [-0.39, 0.29) is 0 Å². The molecule has 25 heavy (non-hydrogen) atoms. The Morgan fingerprint density at radius 2 is 1.92 bits per heavy atom. The van der Waals surface area contributed by atoms with E-state index in [1.54, 1.807) is 0 Å². The zero-order valence-electron chi connectivity index (χ0n) is 15.4. The van der Waals surface area contributed by atoms with Crippen LogP contribution in [-0.2, 0) is 4.74 Å². The highest BCUT2D eigenvalue weighted by molar-refractivity contribution is 9.09. The zero-order valence-corrected chi connectivity index (χ0v) is 17.0. The van der Waals surface area contributed by atoms with Crippen molar-refractivity contribution in [1.29, 1.82) is 0 Å². The quantitative estimate of drug-likeness (QED) is 0.296. The summed E-state index contributed by atoms with van der Waals surface area (Å²) in [5, 5.41) is 6.67. The molecule has 0 radical (unpaired) electrons. The first kappa shape index (κ1) is 21.4. The summed E-state index contributed by atoms with van der Waals surface area (Å²) in [7, 11) is 1.86. The molecule has 0 aromatic heterocycles. The number of amidine groups is 1. The van der Waals surface area contributed by atoms with Crippen molar-refractivity contribution in [1.82, 2.24) is 10.6 Å². The van der Waals surface area contributed by atoms with E-state index in [9.17, 15) is 4.79 Å². The summed E-state index contributed by atoms with van der Waals surface area (Å²) in [6.45, 7) is 7.39. The topological polar surface area (TPSA) is 72.0 Å². The van der Waals surface area contributed by atoms with Crippen LogP contribution in [0, 0.1) is 0 Å². The highest BCUT2D eigenvalue weighted by atomic mass is 79.9. The molecule has 0 atom stereocenters. The molecule has 1 rings (SSSR count). The summed E-state index contributed by atoms with van der Waals surface area (Å²) in [6.07, 6.45) is 0.423. The third-order valence-electron chi connectivity index (χ3n) is 2.93. The summed E-state index contributed by atoms with van der Waals surface area (Å²) in [5.74, 6) is 1.27. The highest BCUT2D eigenvalue weighted by Crippen LogP contribution is 2.14. The van der Waals surface area contributed by atoms with Gasteiger partial charge < -0.3 is 14.8 Å². The van der Waals surface area contributed by atoms with Gasteiger partial charge in [-0.15, -0.1) is 0 Å². The molecule has 0 spiro atoms. The summed E-state index contributed by atoms with van der Waals surface area (Å²) in [5.41, 5.74) is 0.239. The first-order valence-corrected chi connectivity index (χ1v) is 9.46. The van der Waals surface area contributed by atoms with Crippen LogP contribution in [0.25, 0.3) is 0 Å². The molecule has 1 aromatic carbocycles. The Kier molecular flexibility index (Phi) is 9.52. The van der Waals surface area contributed by atoms with Crippen LogP contribution in [0.15, 0.2) is 29.3 Å². The van der Waals surface area contributed by atoms with Crippen molar-refractivity contribution in [3.05, 3.63) is 29.8 Å². The lowest BCUT2D eigenvalue weighted by Gasteiger charge is -2.20. The van der Waals surface area contributed by atoms with Gasteiger partial charge in [0.1, 0.15) is 17.2 Å². The van der Waals surface area contributed by atoms with E-state index in [1.165, 1.54) is 0 Å². The van der Waals surface area contributed by atoms with E-state index < -0.39 is 11.7 Å². The van der Waals surface area contributed by atoms with Crippen molar-refractivity contribution in [3.8, 4) is 5.75 Å². The highest BCUT2D eigenvalue weighted by Gasteiger charge is 2.18. The fourth-order valence-electron chi connectivity index (χ4n) is 1.84. The minimum Gasteiger partial charge on any atom is -0.494 e. The number of hydrogen-bond acceptors (Lipinski definition) is 5. The number of alkyl carbamates (subject to hydrolysis) is 1. The van der Waals surface area contributed by atoms with Gasteiger partial charge >= 0.3 is 6.09 Å². The number of benzene rings is 1. The fourth-order valence-corrected chi connectivity index (χ4v) is 2.07. The molecule has 0 saturated heterocycles. The minimum atomic E-state index is -0.562. The molecule has 140 valence electrons. The molecule has 1 amide bonds. The summed E-state index contributed by atoms with van der Waals surface area (Å²) < 4.78 is 10.9. The second kappa shape index (κ2) is 11.1. The zero-order chi connectivity index (χ0) is 18.7. The number of carbonyl (C=O) groups is 1. The SMILES string of the molecule is CNCCN=C(NC(=O)OC(C)(C)C)c1ccc(OCCCBr)cc1. The Morgan fingerprint density at radius 3 is 2.48 bits per heavy atom. The molecule has 0 saturated carbocycles. The van der Waals surface area contributed by atoms with Crippen molar-refractivity contribution in [2.75, 3.05) is 32.1 Å². The third-order valence-corrected chi connectivity index (χ3v) is 3.49. The molecule has 0 fully saturated rings. The molecule has 0 unspecified atom stereocenters. The van der Waals surface area contributed by atoms with Crippen molar-refractivity contribution >= 4 is 27.9 Å². The fraction of sp³-hybridized carbons (Fsp3) is 0.556. The van der Waals surface area contributed by atoms with E-state index in [0.29, 0.717) is 25.5 Å². The first-order chi connectivity index (χ1) is 11.9. The van der Waals surface area contributed by atoms with Crippen LogP contribution in [0.4, 0.5) is 4.79 Å². The number of nitrogens with one attached hydrogen (secondary N) is 2. The average Bonchev–Trinajstić information content (AvgIpc) is 2.53. The molecule has 0 aliphatic carbocycles. The minimum absolute atomic E-state index is 0.483. The maximum absolute atomic E-state index is 12.1. The van der Waals surface area contributed by atoms with Gasteiger partial charge in [0.15, 0.2) is 0 Å².